The molecule has 0 bridgehead atoms. The highest BCUT2D eigenvalue weighted by molar-refractivity contribution is 6.30. The third-order valence-electron chi connectivity index (χ3n) is 2.55. The predicted octanol–water partition coefficient (Wildman–Crippen LogP) is 1.75. The van der Waals surface area contributed by atoms with E-state index in [1.807, 2.05) is 12.1 Å². The zero-order chi connectivity index (χ0) is 13.9. The average Bonchev–Trinajstić information content (AvgIpc) is 2.85. The monoisotopic (exact) mass is 288 g/mol. The Bertz CT molecular complexity index is 820. The van der Waals surface area contributed by atoms with E-state index in [4.69, 9.17) is 11.6 Å². The molecule has 0 atom stereocenters. The molecule has 0 radical (unpaired) electrons. The van der Waals surface area contributed by atoms with Crippen molar-refractivity contribution in [1.29, 1.82) is 0 Å². The molecular weight excluding hydrogens is 280 g/mol. The Balaban J connectivity index is 1.78. The minimum atomic E-state index is -0.280. The van der Waals surface area contributed by atoms with Gasteiger partial charge in [-0.1, -0.05) is 23.7 Å². The molecule has 3 rings (SSSR count). The van der Waals surface area contributed by atoms with Crippen LogP contribution in [0.3, 0.4) is 0 Å². The van der Waals surface area contributed by atoms with Gasteiger partial charge in [0.25, 0.3) is 5.56 Å². The van der Waals surface area contributed by atoms with E-state index in [0.29, 0.717) is 22.1 Å². The van der Waals surface area contributed by atoms with Crippen LogP contribution in [-0.2, 0) is 0 Å². The molecule has 0 aliphatic carbocycles. The summed E-state index contributed by atoms with van der Waals surface area (Å²) in [5.74, 6) is 0.342. The largest absolute Gasteiger partial charge is 0.317 e. The Kier molecular flexibility index (Phi) is 3.18. The molecule has 0 spiro atoms. The molecule has 100 valence electrons. The van der Waals surface area contributed by atoms with E-state index in [9.17, 15) is 4.79 Å². The van der Waals surface area contributed by atoms with Gasteiger partial charge in [-0.25, -0.2) is 10.4 Å². The van der Waals surface area contributed by atoms with Crippen LogP contribution in [0.4, 0.5) is 5.95 Å². The lowest BCUT2D eigenvalue weighted by Crippen LogP contribution is -2.05. The minimum absolute atomic E-state index is 0.280. The fraction of sp³-hybridized carbons (Fsp3) is 0. The molecule has 0 saturated carbocycles. The van der Waals surface area contributed by atoms with Crippen molar-refractivity contribution in [3.63, 3.8) is 0 Å². The molecule has 1 aromatic carbocycles. The van der Waals surface area contributed by atoms with E-state index in [0.717, 1.165) is 5.56 Å². The van der Waals surface area contributed by atoms with Gasteiger partial charge in [-0.2, -0.15) is 10.1 Å². The predicted molar refractivity (Wildman–Crippen MR) is 77.2 cm³/mol. The number of nitrogens with zero attached hydrogens (tertiary/aromatic N) is 3. The first-order valence-electron chi connectivity index (χ1n) is 5.70. The number of benzene rings is 1. The Labute approximate surface area is 117 Å². The van der Waals surface area contributed by atoms with Gasteiger partial charge in [0.05, 0.1) is 12.5 Å². The van der Waals surface area contributed by atoms with E-state index >= 15 is 0 Å². The Morgan fingerprint density at radius 1 is 1.30 bits per heavy atom. The van der Waals surface area contributed by atoms with E-state index in [2.05, 4.69) is 30.5 Å². The lowest BCUT2D eigenvalue weighted by Gasteiger charge is -1.94. The normalized spacial score (nSPS) is 11.2. The van der Waals surface area contributed by atoms with Crippen molar-refractivity contribution in [3.05, 3.63) is 51.5 Å². The summed E-state index contributed by atoms with van der Waals surface area (Å²) in [6, 6.07) is 7.21. The zero-order valence-electron chi connectivity index (χ0n) is 10.1. The molecule has 0 aliphatic heterocycles. The maximum Gasteiger partial charge on any atom is 0.276 e. The lowest BCUT2D eigenvalue weighted by atomic mass is 10.2. The first-order chi connectivity index (χ1) is 9.72. The van der Waals surface area contributed by atoms with Crippen LogP contribution in [-0.4, -0.2) is 26.2 Å². The molecule has 20 heavy (non-hydrogen) atoms. The molecule has 2 heterocycles. The van der Waals surface area contributed by atoms with Gasteiger partial charge >= 0.3 is 0 Å². The molecule has 2 aromatic heterocycles. The van der Waals surface area contributed by atoms with E-state index in [1.165, 1.54) is 6.33 Å². The van der Waals surface area contributed by atoms with E-state index < -0.39 is 0 Å². The van der Waals surface area contributed by atoms with Gasteiger partial charge < -0.3 is 9.97 Å². The highest BCUT2D eigenvalue weighted by Crippen LogP contribution is 2.09. The van der Waals surface area contributed by atoms with Gasteiger partial charge in [0, 0.05) is 5.02 Å². The summed E-state index contributed by atoms with van der Waals surface area (Å²) in [7, 11) is 0. The van der Waals surface area contributed by atoms with Gasteiger partial charge in [-0.05, 0) is 17.7 Å². The number of H-pyrrole nitrogens is 2. The Morgan fingerprint density at radius 3 is 2.85 bits per heavy atom. The standard InChI is InChI=1S/C12H9ClN6O/c13-8-3-1-7(2-4-8)5-16-19-12-17-9-10(18-12)14-6-15-11(9)20/h1-6H,(H3,14,15,17,18,19,20)/b16-5+. The van der Waals surface area contributed by atoms with Gasteiger partial charge in [-0.15, -0.1) is 0 Å². The second-order valence-corrected chi connectivity index (χ2v) is 4.37. The number of aromatic nitrogens is 4. The molecule has 8 heteroatoms. The molecule has 0 saturated heterocycles. The van der Waals surface area contributed by atoms with Crippen molar-refractivity contribution in [2.24, 2.45) is 5.10 Å². The van der Waals surface area contributed by atoms with Crippen molar-refractivity contribution in [2.75, 3.05) is 5.43 Å². The van der Waals surface area contributed by atoms with Gasteiger partial charge in [0.15, 0.2) is 11.2 Å². The molecular formula is C12H9ClN6O. The van der Waals surface area contributed by atoms with Gasteiger partial charge in [-0.3, -0.25) is 4.79 Å². The number of imidazole rings is 1. The fourth-order valence-electron chi connectivity index (χ4n) is 1.61. The minimum Gasteiger partial charge on any atom is -0.317 e. The van der Waals surface area contributed by atoms with E-state index in [-0.39, 0.29) is 5.56 Å². The summed E-state index contributed by atoms with van der Waals surface area (Å²) in [5.41, 5.74) is 3.94. The number of hydrogen-bond acceptors (Lipinski definition) is 5. The van der Waals surface area contributed by atoms with Crippen LogP contribution in [0.2, 0.25) is 5.02 Å². The molecule has 0 unspecified atom stereocenters. The molecule has 3 aromatic rings. The fourth-order valence-corrected chi connectivity index (χ4v) is 1.74. The summed E-state index contributed by atoms with van der Waals surface area (Å²) < 4.78 is 0. The van der Waals surface area contributed by atoms with Crippen LogP contribution in [0, 0.1) is 0 Å². The number of anilines is 1. The second kappa shape index (κ2) is 5.14. The van der Waals surface area contributed by atoms with Crippen LogP contribution >= 0.6 is 11.6 Å². The van der Waals surface area contributed by atoms with Gasteiger partial charge in [0.1, 0.15) is 0 Å². The molecule has 0 amide bonds. The maximum atomic E-state index is 11.5. The lowest BCUT2D eigenvalue weighted by molar-refractivity contribution is 1.15. The van der Waals surface area contributed by atoms with Crippen molar-refractivity contribution in [2.45, 2.75) is 0 Å². The molecule has 0 aliphatic rings. The maximum absolute atomic E-state index is 11.5. The third kappa shape index (κ3) is 2.52. The van der Waals surface area contributed by atoms with Gasteiger partial charge in [0.2, 0.25) is 5.95 Å². The quantitative estimate of drug-likeness (QED) is 0.505. The topological polar surface area (TPSA) is 98.8 Å². The average molecular weight is 289 g/mol. The SMILES string of the molecule is O=c1[nH]cnc2nc(N/N=C/c3ccc(Cl)cc3)[nH]c12. The highest BCUT2D eigenvalue weighted by Gasteiger charge is 2.05. The molecule has 3 N–H and O–H groups in total. The number of nitrogens with one attached hydrogen (secondary N) is 3. The van der Waals surface area contributed by atoms with Crippen molar-refractivity contribution in [1.82, 2.24) is 19.9 Å². The number of halogens is 1. The number of hydrazone groups is 1. The van der Waals surface area contributed by atoms with Crippen LogP contribution in [0.15, 0.2) is 40.5 Å². The smallest absolute Gasteiger partial charge is 0.276 e. The molecule has 0 fully saturated rings. The molecule has 7 nitrogen and oxygen atoms in total. The Morgan fingerprint density at radius 2 is 2.10 bits per heavy atom. The van der Waals surface area contributed by atoms with Crippen LogP contribution < -0.4 is 11.0 Å². The third-order valence-corrected chi connectivity index (χ3v) is 2.80. The summed E-state index contributed by atoms with van der Waals surface area (Å²) in [5, 5.41) is 4.68. The summed E-state index contributed by atoms with van der Waals surface area (Å²) >= 11 is 5.79. The number of hydrogen-bond donors (Lipinski definition) is 3. The summed E-state index contributed by atoms with van der Waals surface area (Å²) in [4.78, 5) is 24.7. The van der Waals surface area contributed by atoms with Crippen LogP contribution in [0.5, 0.6) is 0 Å². The second-order valence-electron chi connectivity index (χ2n) is 3.94. The first-order valence-corrected chi connectivity index (χ1v) is 6.08. The number of aromatic amines is 2. The van der Waals surface area contributed by atoms with Crippen molar-refractivity contribution in [3.8, 4) is 0 Å². The summed E-state index contributed by atoms with van der Waals surface area (Å²) in [6.07, 6.45) is 2.91. The Hall–Kier alpha value is -2.67. The summed E-state index contributed by atoms with van der Waals surface area (Å²) in [6.45, 7) is 0. The van der Waals surface area contributed by atoms with Crippen molar-refractivity contribution >= 4 is 34.9 Å². The van der Waals surface area contributed by atoms with E-state index in [1.54, 1.807) is 18.3 Å². The highest BCUT2D eigenvalue weighted by atomic mass is 35.5. The zero-order valence-corrected chi connectivity index (χ0v) is 10.8. The first kappa shape index (κ1) is 12.4. The number of fused-ring (bicyclic) bond motifs is 1. The van der Waals surface area contributed by atoms with Crippen LogP contribution in [0.1, 0.15) is 5.56 Å². The number of rotatable bonds is 3. The van der Waals surface area contributed by atoms with Crippen molar-refractivity contribution < 1.29 is 0 Å². The van der Waals surface area contributed by atoms with Crippen LogP contribution in [0.25, 0.3) is 11.2 Å².